The molecule has 2 aromatic carbocycles. The summed E-state index contributed by atoms with van der Waals surface area (Å²) in [6, 6.07) is 14.3. The van der Waals surface area contributed by atoms with Crippen LogP contribution in [0.5, 0.6) is 5.75 Å². The van der Waals surface area contributed by atoms with E-state index in [1.165, 1.54) is 11.8 Å². The number of carbonyl (C=O) groups is 1. The third-order valence-corrected chi connectivity index (χ3v) is 4.52. The number of rotatable bonds is 5. The summed E-state index contributed by atoms with van der Waals surface area (Å²) >= 11 is 7.41. The standard InChI is InChI=1S/C17H15ClN2O2S/c1-11(23-15-7-5-14(22-2)6-8-15)17(21)20-13-4-3-12(10-19)16(18)9-13/h3-9,11H,1-2H3,(H,20,21). The van der Waals surface area contributed by atoms with Gasteiger partial charge in [0.25, 0.3) is 0 Å². The molecule has 118 valence electrons. The Balaban J connectivity index is 1.99. The monoisotopic (exact) mass is 346 g/mol. The molecular formula is C17H15ClN2O2S. The second-order valence-corrected chi connectivity index (χ2v) is 6.55. The number of nitrogens with one attached hydrogen (secondary N) is 1. The fourth-order valence-electron chi connectivity index (χ4n) is 1.84. The second-order valence-electron chi connectivity index (χ2n) is 4.73. The van der Waals surface area contributed by atoms with E-state index >= 15 is 0 Å². The number of carbonyl (C=O) groups excluding carboxylic acids is 1. The van der Waals surface area contributed by atoms with Crippen molar-refractivity contribution in [1.29, 1.82) is 5.26 Å². The van der Waals surface area contributed by atoms with E-state index in [1.807, 2.05) is 37.3 Å². The Morgan fingerprint density at radius 2 is 2.00 bits per heavy atom. The van der Waals surface area contributed by atoms with E-state index in [1.54, 1.807) is 25.3 Å². The predicted molar refractivity (Wildman–Crippen MR) is 93.1 cm³/mol. The summed E-state index contributed by atoms with van der Waals surface area (Å²) in [5.74, 6) is 0.644. The minimum atomic E-state index is -0.280. The summed E-state index contributed by atoms with van der Waals surface area (Å²) in [6.07, 6.45) is 0. The number of thioether (sulfide) groups is 1. The third-order valence-electron chi connectivity index (χ3n) is 3.10. The SMILES string of the molecule is COc1ccc(SC(C)C(=O)Nc2ccc(C#N)c(Cl)c2)cc1. The highest BCUT2D eigenvalue weighted by molar-refractivity contribution is 8.00. The van der Waals surface area contributed by atoms with Gasteiger partial charge in [-0.05, 0) is 49.4 Å². The molecule has 0 aliphatic rings. The molecule has 2 rings (SSSR count). The smallest absolute Gasteiger partial charge is 0.237 e. The van der Waals surface area contributed by atoms with Crippen LogP contribution in [0.1, 0.15) is 12.5 Å². The van der Waals surface area contributed by atoms with Crippen LogP contribution in [0.2, 0.25) is 5.02 Å². The second kappa shape index (κ2) is 7.91. The predicted octanol–water partition coefficient (Wildman–Crippen LogP) is 4.34. The number of nitriles is 1. The molecular weight excluding hydrogens is 332 g/mol. The van der Waals surface area contributed by atoms with Crippen LogP contribution in [0.4, 0.5) is 5.69 Å². The summed E-state index contributed by atoms with van der Waals surface area (Å²) in [5, 5.41) is 11.7. The lowest BCUT2D eigenvalue weighted by Crippen LogP contribution is -2.22. The van der Waals surface area contributed by atoms with Crippen LogP contribution in [-0.2, 0) is 4.79 Å². The molecule has 6 heteroatoms. The molecule has 1 atom stereocenters. The van der Waals surface area contributed by atoms with E-state index in [9.17, 15) is 4.79 Å². The fourth-order valence-corrected chi connectivity index (χ4v) is 2.93. The van der Waals surface area contributed by atoms with Crippen molar-refractivity contribution in [3.63, 3.8) is 0 Å². The number of benzene rings is 2. The number of ether oxygens (including phenoxy) is 1. The van der Waals surface area contributed by atoms with Crippen LogP contribution in [0.25, 0.3) is 0 Å². The van der Waals surface area contributed by atoms with E-state index in [4.69, 9.17) is 21.6 Å². The lowest BCUT2D eigenvalue weighted by atomic mass is 10.2. The molecule has 0 aliphatic carbocycles. The van der Waals surface area contributed by atoms with Crippen molar-refractivity contribution < 1.29 is 9.53 Å². The van der Waals surface area contributed by atoms with Crippen LogP contribution in [0.3, 0.4) is 0 Å². The molecule has 0 aliphatic heterocycles. The normalized spacial score (nSPS) is 11.4. The number of nitrogens with zero attached hydrogens (tertiary/aromatic N) is 1. The summed E-state index contributed by atoms with van der Waals surface area (Å²) in [6.45, 7) is 1.83. The fraction of sp³-hybridized carbons (Fsp3) is 0.176. The van der Waals surface area contributed by atoms with Crippen molar-refractivity contribution in [2.45, 2.75) is 17.1 Å². The summed E-state index contributed by atoms with van der Waals surface area (Å²) in [7, 11) is 1.61. The molecule has 0 spiro atoms. The molecule has 0 fully saturated rings. The molecule has 0 saturated heterocycles. The first-order chi connectivity index (χ1) is 11.0. The van der Waals surface area contributed by atoms with Crippen LogP contribution in [-0.4, -0.2) is 18.3 Å². The number of methoxy groups -OCH3 is 1. The maximum absolute atomic E-state index is 12.2. The van der Waals surface area contributed by atoms with Gasteiger partial charge in [0.2, 0.25) is 5.91 Å². The summed E-state index contributed by atoms with van der Waals surface area (Å²) < 4.78 is 5.11. The third kappa shape index (κ3) is 4.65. The Morgan fingerprint density at radius 3 is 2.57 bits per heavy atom. The zero-order valence-electron chi connectivity index (χ0n) is 12.7. The van der Waals surface area contributed by atoms with Crippen molar-refractivity contribution in [2.24, 2.45) is 0 Å². The van der Waals surface area contributed by atoms with Crippen molar-refractivity contribution in [3.05, 3.63) is 53.1 Å². The molecule has 1 N–H and O–H groups in total. The average Bonchev–Trinajstić information content (AvgIpc) is 2.55. The van der Waals surface area contributed by atoms with Crippen molar-refractivity contribution in [2.75, 3.05) is 12.4 Å². The lowest BCUT2D eigenvalue weighted by Gasteiger charge is -2.12. The first-order valence-corrected chi connectivity index (χ1v) is 8.10. The molecule has 4 nitrogen and oxygen atoms in total. The van der Waals surface area contributed by atoms with Gasteiger partial charge in [0.05, 0.1) is 22.9 Å². The largest absolute Gasteiger partial charge is 0.497 e. The van der Waals surface area contributed by atoms with Gasteiger partial charge in [-0.25, -0.2) is 0 Å². The number of amides is 1. The molecule has 2 aromatic rings. The Morgan fingerprint density at radius 1 is 1.30 bits per heavy atom. The van der Waals surface area contributed by atoms with Crippen LogP contribution in [0.15, 0.2) is 47.4 Å². The van der Waals surface area contributed by atoms with Gasteiger partial charge < -0.3 is 10.1 Å². The zero-order valence-corrected chi connectivity index (χ0v) is 14.2. The molecule has 1 unspecified atom stereocenters. The number of hydrogen-bond acceptors (Lipinski definition) is 4. The van der Waals surface area contributed by atoms with Gasteiger partial charge >= 0.3 is 0 Å². The van der Waals surface area contributed by atoms with Gasteiger partial charge in [-0.15, -0.1) is 11.8 Å². The van der Waals surface area contributed by atoms with E-state index < -0.39 is 0 Å². The van der Waals surface area contributed by atoms with Gasteiger partial charge in [-0.1, -0.05) is 11.6 Å². The zero-order chi connectivity index (χ0) is 16.8. The average molecular weight is 347 g/mol. The van der Waals surface area contributed by atoms with Crippen molar-refractivity contribution in [1.82, 2.24) is 0 Å². The maximum Gasteiger partial charge on any atom is 0.237 e. The Labute approximate surface area is 144 Å². The Hall–Kier alpha value is -2.16. The van der Waals surface area contributed by atoms with Crippen LogP contribution >= 0.6 is 23.4 Å². The van der Waals surface area contributed by atoms with Gasteiger partial charge in [-0.2, -0.15) is 5.26 Å². The highest BCUT2D eigenvalue weighted by Crippen LogP contribution is 2.27. The number of hydrogen-bond donors (Lipinski definition) is 1. The molecule has 0 aromatic heterocycles. The molecule has 0 radical (unpaired) electrons. The number of anilines is 1. The highest BCUT2D eigenvalue weighted by Gasteiger charge is 2.15. The molecule has 1 amide bonds. The van der Waals surface area contributed by atoms with Crippen molar-refractivity contribution in [3.8, 4) is 11.8 Å². The van der Waals surface area contributed by atoms with E-state index in [0.29, 0.717) is 16.3 Å². The van der Waals surface area contributed by atoms with Crippen LogP contribution in [0, 0.1) is 11.3 Å². The van der Waals surface area contributed by atoms with E-state index in [2.05, 4.69) is 5.32 Å². The molecule has 0 bridgehead atoms. The van der Waals surface area contributed by atoms with Gasteiger partial charge in [0, 0.05) is 10.6 Å². The molecule has 0 heterocycles. The van der Waals surface area contributed by atoms with Crippen LogP contribution < -0.4 is 10.1 Å². The number of halogens is 1. The summed E-state index contributed by atoms with van der Waals surface area (Å²) in [4.78, 5) is 13.2. The Bertz CT molecular complexity index is 741. The van der Waals surface area contributed by atoms with E-state index in [-0.39, 0.29) is 11.2 Å². The van der Waals surface area contributed by atoms with Crippen molar-refractivity contribution >= 4 is 35.0 Å². The van der Waals surface area contributed by atoms with Gasteiger partial charge in [-0.3, -0.25) is 4.79 Å². The summed E-state index contributed by atoms with van der Waals surface area (Å²) in [5.41, 5.74) is 0.950. The molecule has 0 saturated carbocycles. The lowest BCUT2D eigenvalue weighted by molar-refractivity contribution is -0.115. The highest BCUT2D eigenvalue weighted by atomic mass is 35.5. The van der Waals surface area contributed by atoms with Gasteiger partial charge in [0.1, 0.15) is 11.8 Å². The van der Waals surface area contributed by atoms with Gasteiger partial charge in [0.15, 0.2) is 0 Å². The first-order valence-electron chi connectivity index (χ1n) is 6.84. The Kier molecular flexibility index (Phi) is 5.91. The van der Waals surface area contributed by atoms with E-state index in [0.717, 1.165) is 10.6 Å². The topological polar surface area (TPSA) is 62.1 Å². The maximum atomic E-state index is 12.2. The minimum absolute atomic E-state index is 0.133. The minimum Gasteiger partial charge on any atom is -0.497 e. The first kappa shape index (κ1) is 17.2. The quantitative estimate of drug-likeness (QED) is 0.818. The molecule has 23 heavy (non-hydrogen) atoms.